The maximum atomic E-state index is 12.8. The molecule has 0 amide bonds. The molecule has 0 unspecified atom stereocenters. The monoisotopic (exact) mass is 365 g/mol. The van der Waals surface area contributed by atoms with E-state index in [1.807, 2.05) is 26.8 Å². The summed E-state index contributed by atoms with van der Waals surface area (Å²) in [4.78, 5) is 11.0. The van der Waals surface area contributed by atoms with E-state index in [2.05, 4.69) is 21.3 Å². The van der Waals surface area contributed by atoms with Crippen LogP contribution in [-0.4, -0.2) is 45.7 Å². The normalized spacial score (nSPS) is 10.6. The number of hydrogen-bond acceptors (Lipinski definition) is 5. The summed E-state index contributed by atoms with van der Waals surface area (Å²) in [6, 6.07) is 6.66. The maximum absolute atomic E-state index is 12.8. The number of aryl methyl sites for hydroxylation is 1. The molecule has 0 bridgehead atoms. The molecule has 0 heterocycles. The van der Waals surface area contributed by atoms with Crippen LogP contribution in [0.2, 0.25) is 0 Å². The number of rotatable bonds is 6. The zero-order valence-electron chi connectivity index (χ0n) is 14.9. The SMILES string of the molecule is COC(=O)OCC#CCN(CC=C(C)C)S(=O)(=O)c1ccc(C)cc1. The second-order valence-electron chi connectivity index (χ2n) is 5.49. The van der Waals surface area contributed by atoms with Gasteiger partial charge >= 0.3 is 6.16 Å². The number of nitrogens with zero attached hydrogens (tertiary/aromatic N) is 1. The number of hydrogen-bond donors (Lipinski definition) is 0. The predicted octanol–water partition coefficient (Wildman–Crippen LogP) is 2.74. The van der Waals surface area contributed by atoms with Gasteiger partial charge in [-0.3, -0.25) is 0 Å². The average Bonchev–Trinajstić information content (AvgIpc) is 2.56. The highest BCUT2D eigenvalue weighted by Crippen LogP contribution is 2.16. The van der Waals surface area contributed by atoms with Crippen molar-refractivity contribution in [3.63, 3.8) is 0 Å². The van der Waals surface area contributed by atoms with Crippen molar-refractivity contribution in [2.45, 2.75) is 25.7 Å². The van der Waals surface area contributed by atoms with Gasteiger partial charge in [0.05, 0.1) is 18.6 Å². The molecule has 25 heavy (non-hydrogen) atoms. The molecule has 0 saturated heterocycles. The first-order valence-electron chi connectivity index (χ1n) is 7.64. The van der Waals surface area contributed by atoms with E-state index in [1.165, 1.54) is 11.4 Å². The van der Waals surface area contributed by atoms with Crippen molar-refractivity contribution in [2.75, 3.05) is 26.8 Å². The van der Waals surface area contributed by atoms with E-state index in [9.17, 15) is 13.2 Å². The van der Waals surface area contributed by atoms with Crippen LogP contribution in [0.25, 0.3) is 0 Å². The fraction of sp³-hybridized carbons (Fsp3) is 0.389. The first kappa shape index (κ1) is 20.7. The number of methoxy groups -OCH3 is 1. The van der Waals surface area contributed by atoms with E-state index in [0.29, 0.717) is 0 Å². The minimum Gasteiger partial charge on any atom is -0.438 e. The highest BCUT2D eigenvalue weighted by atomic mass is 32.2. The molecule has 1 aromatic carbocycles. The zero-order chi connectivity index (χ0) is 18.9. The highest BCUT2D eigenvalue weighted by molar-refractivity contribution is 7.89. The van der Waals surface area contributed by atoms with Crippen molar-refractivity contribution in [3.8, 4) is 11.8 Å². The largest absolute Gasteiger partial charge is 0.508 e. The van der Waals surface area contributed by atoms with Gasteiger partial charge in [0.15, 0.2) is 6.61 Å². The molecule has 0 aromatic heterocycles. The minimum atomic E-state index is -3.67. The van der Waals surface area contributed by atoms with Crippen LogP contribution in [0.1, 0.15) is 19.4 Å². The van der Waals surface area contributed by atoms with Crippen LogP contribution in [0.5, 0.6) is 0 Å². The lowest BCUT2D eigenvalue weighted by molar-refractivity contribution is 0.0832. The lowest BCUT2D eigenvalue weighted by atomic mass is 10.2. The Morgan fingerprint density at radius 3 is 2.40 bits per heavy atom. The van der Waals surface area contributed by atoms with Crippen molar-refractivity contribution in [1.82, 2.24) is 4.31 Å². The molecule has 136 valence electrons. The quantitative estimate of drug-likeness (QED) is 0.440. The summed E-state index contributed by atoms with van der Waals surface area (Å²) in [6.45, 7) is 5.73. The molecule has 0 spiro atoms. The Hall–Kier alpha value is -2.30. The number of allylic oxidation sites excluding steroid dienone is 1. The predicted molar refractivity (Wildman–Crippen MR) is 95.5 cm³/mol. The van der Waals surface area contributed by atoms with Crippen LogP contribution in [0.3, 0.4) is 0 Å². The van der Waals surface area contributed by atoms with E-state index in [-0.39, 0.29) is 24.6 Å². The van der Waals surface area contributed by atoms with Crippen LogP contribution in [0.4, 0.5) is 4.79 Å². The number of benzene rings is 1. The van der Waals surface area contributed by atoms with E-state index in [4.69, 9.17) is 0 Å². The van der Waals surface area contributed by atoms with Gasteiger partial charge in [0.1, 0.15) is 0 Å². The maximum Gasteiger partial charge on any atom is 0.508 e. The fourth-order valence-corrected chi connectivity index (χ4v) is 3.02. The molecule has 0 aliphatic carbocycles. The van der Waals surface area contributed by atoms with Gasteiger partial charge in [-0.25, -0.2) is 13.2 Å². The molecule has 7 heteroatoms. The molecule has 0 atom stereocenters. The molecule has 0 saturated carbocycles. The van der Waals surface area contributed by atoms with Gasteiger partial charge in [-0.05, 0) is 32.9 Å². The second kappa shape index (κ2) is 9.87. The topological polar surface area (TPSA) is 72.9 Å². The second-order valence-corrected chi connectivity index (χ2v) is 7.43. The molecule has 1 rings (SSSR count). The molecule has 0 radical (unpaired) electrons. The summed E-state index contributed by atoms with van der Waals surface area (Å²) >= 11 is 0. The number of carbonyl (C=O) groups is 1. The lowest BCUT2D eigenvalue weighted by Gasteiger charge is -2.18. The van der Waals surface area contributed by atoms with Gasteiger partial charge in [0, 0.05) is 6.54 Å². The van der Waals surface area contributed by atoms with Crippen LogP contribution >= 0.6 is 0 Å². The van der Waals surface area contributed by atoms with E-state index in [1.54, 1.807) is 24.3 Å². The molecule has 0 aliphatic rings. The molecule has 0 aliphatic heterocycles. The number of carbonyl (C=O) groups excluding carboxylic acids is 1. The molecule has 1 aromatic rings. The summed E-state index contributed by atoms with van der Waals surface area (Å²) in [6.07, 6.45) is 0.987. The van der Waals surface area contributed by atoms with Crippen molar-refractivity contribution in [2.24, 2.45) is 0 Å². The first-order chi connectivity index (χ1) is 11.8. The van der Waals surface area contributed by atoms with Gasteiger partial charge in [-0.1, -0.05) is 41.2 Å². The van der Waals surface area contributed by atoms with Crippen LogP contribution < -0.4 is 0 Å². The Bertz CT molecular complexity index is 766. The van der Waals surface area contributed by atoms with Crippen LogP contribution in [-0.2, 0) is 19.5 Å². The highest BCUT2D eigenvalue weighted by Gasteiger charge is 2.22. The Morgan fingerprint density at radius 2 is 1.84 bits per heavy atom. The van der Waals surface area contributed by atoms with E-state index < -0.39 is 16.2 Å². The Kier molecular flexibility index (Phi) is 8.19. The Labute approximate surface area is 149 Å². The molecular weight excluding hydrogens is 342 g/mol. The minimum absolute atomic E-state index is 0.00940. The van der Waals surface area contributed by atoms with Gasteiger partial charge in [0.25, 0.3) is 0 Å². The summed E-state index contributed by atoms with van der Waals surface area (Å²) < 4.78 is 35.8. The fourth-order valence-electron chi connectivity index (χ4n) is 1.74. The van der Waals surface area contributed by atoms with Gasteiger partial charge in [-0.15, -0.1) is 0 Å². The van der Waals surface area contributed by atoms with E-state index >= 15 is 0 Å². The lowest BCUT2D eigenvalue weighted by Crippen LogP contribution is -2.32. The third kappa shape index (κ3) is 6.99. The Morgan fingerprint density at radius 1 is 1.20 bits per heavy atom. The van der Waals surface area contributed by atoms with Crippen molar-refractivity contribution in [1.29, 1.82) is 0 Å². The Balaban J connectivity index is 2.92. The van der Waals surface area contributed by atoms with Crippen LogP contribution in [0.15, 0.2) is 40.8 Å². The van der Waals surface area contributed by atoms with Gasteiger partial charge < -0.3 is 9.47 Å². The molecular formula is C18H23NO5S. The third-order valence-electron chi connectivity index (χ3n) is 3.17. The first-order valence-corrected chi connectivity index (χ1v) is 9.08. The average molecular weight is 365 g/mol. The number of ether oxygens (including phenoxy) is 2. The van der Waals surface area contributed by atoms with E-state index in [0.717, 1.165) is 11.1 Å². The van der Waals surface area contributed by atoms with Crippen molar-refractivity contribution >= 4 is 16.2 Å². The molecule has 0 N–H and O–H groups in total. The number of sulfonamides is 1. The van der Waals surface area contributed by atoms with Crippen molar-refractivity contribution < 1.29 is 22.7 Å². The molecule has 0 fully saturated rings. The summed E-state index contributed by atoms with van der Waals surface area (Å²) in [7, 11) is -2.47. The van der Waals surface area contributed by atoms with Gasteiger partial charge in [0.2, 0.25) is 10.0 Å². The molecule has 6 nitrogen and oxygen atoms in total. The standard InChI is InChI=1S/C18H23NO5S/c1-15(2)11-13-19(12-5-6-14-24-18(20)23-4)25(21,22)17-9-7-16(3)8-10-17/h7-11H,12-14H2,1-4H3. The summed E-state index contributed by atoms with van der Waals surface area (Å²) in [5.41, 5.74) is 1.99. The zero-order valence-corrected chi connectivity index (χ0v) is 15.7. The smallest absolute Gasteiger partial charge is 0.438 e. The van der Waals surface area contributed by atoms with Crippen LogP contribution in [0, 0.1) is 18.8 Å². The van der Waals surface area contributed by atoms with Gasteiger partial charge in [-0.2, -0.15) is 4.31 Å². The van der Waals surface area contributed by atoms with Crippen molar-refractivity contribution in [3.05, 3.63) is 41.5 Å². The third-order valence-corrected chi connectivity index (χ3v) is 5.00. The summed E-state index contributed by atoms with van der Waals surface area (Å²) in [5, 5.41) is 0. The summed E-state index contributed by atoms with van der Waals surface area (Å²) in [5.74, 6) is 5.31.